The Kier molecular flexibility index (Phi) is 4.35. The van der Waals surface area contributed by atoms with Gasteiger partial charge in [0.1, 0.15) is 0 Å². The lowest BCUT2D eigenvalue weighted by molar-refractivity contribution is 0.280. The van der Waals surface area contributed by atoms with Crippen LogP contribution in [0.1, 0.15) is 17.4 Å². The second-order valence-corrected chi connectivity index (χ2v) is 5.30. The Morgan fingerprint density at radius 2 is 2.47 bits per heavy atom. The molecule has 1 aliphatic rings. The van der Waals surface area contributed by atoms with E-state index in [-0.39, 0.29) is 0 Å². The van der Waals surface area contributed by atoms with Crippen LogP contribution in [0.25, 0.3) is 0 Å². The third-order valence-electron chi connectivity index (χ3n) is 3.06. The van der Waals surface area contributed by atoms with Crippen molar-refractivity contribution in [1.29, 1.82) is 0 Å². The number of nitrogens with zero attached hydrogens (tertiary/aromatic N) is 1. The smallest absolute Gasteiger partial charge is 0.0248 e. The fraction of sp³-hybridized carbons (Fsp3) is 0.333. The van der Waals surface area contributed by atoms with E-state index in [9.17, 15) is 0 Å². The molecule has 0 aromatic carbocycles. The molecule has 0 fully saturated rings. The minimum atomic E-state index is 1.00. The zero-order chi connectivity index (χ0) is 12.1. The lowest BCUT2D eigenvalue weighted by Gasteiger charge is -2.27. The summed E-state index contributed by atoms with van der Waals surface area (Å²) >= 11 is 1.89. The molecule has 90 valence electrons. The summed E-state index contributed by atoms with van der Waals surface area (Å²) in [6.07, 6.45) is 9.44. The van der Waals surface area contributed by atoms with Gasteiger partial charge in [-0.2, -0.15) is 0 Å². The van der Waals surface area contributed by atoms with Crippen molar-refractivity contribution in [2.75, 3.05) is 13.1 Å². The van der Waals surface area contributed by atoms with Gasteiger partial charge in [-0.15, -0.1) is 11.3 Å². The number of rotatable bonds is 4. The average Bonchev–Trinajstić information content (AvgIpc) is 2.81. The van der Waals surface area contributed by atoms with Crippen molar-refractivity contribution in [2.24, 2.45) is 0 Å². The van der Waals surface area contributed by atoms with Crippen molar-refractivity contribution < 1.29 is 0 Å². The van der Waals surface area contributed by atoms with Gasteiger partial charge in [0.25, 0.3) is 0 Å². The lowest BCUT2D eigenvalue weighted by atomic mass is 10.1. The SMILES string of the molecule is C=C/C(=C\C=C/C)CN1CCc2sccc2C1. The van der Waals surface area contributed by atoms with Crippen LogP contribution in [-0.2, 0) is 13.0 Å². The van der Waals surface area contributed by atoms with Gasteiger partial charge in [-0.1, -0.05) is 30.9 Å². The van der Waals surface area contributed by atoms with Crippen molar-refractivity contribution in [2.45, 2.75) is 19.9 Å². The predicted octanol–water partition coefficient (Wildman–Crippen LogP) is 3.79. The van der Waals surface area contributed by atoms with Crippen molar-refractivity contribution >= 4 is 11.3 Å². The van der Waals surface area contributed by atoms with E-state index in [1.807, 2.05) is 24.3 Å². The van der Waals surface area contributed by atoms with E-state index in [1.165, 1.54) is 17.6 Å². The molecule has 0 unspecified atom stereocenters. The van der Waals surface area contributed by atoms with Crippen LogP contribution in [0, 0.1) is 0 Å². The van der Waals surface area contributed by atoms with Gasteiger partial charge in [0.05, 0.1) is 0 Å². The second kappa shape index (κ2) is 5.99. The van der Waals surface area contributed by atoms with E-state index in [0.29, 0.717) is 0 Å². The van der Waals surface area contributed by atoms with Crippen LogP contribution in [-0.4, -0.2) is 18.0 Å². The number of hydrogen-bond acceptors (Lipinski definition) is 2. The molecular formula is C15H19NS. The Labute approximate surface area is 108 Å². The minimum Gasteiger partial charge on any atom is -0.294 e. The molecule has 0 aliphatic carbocycles. The van der Waals surface area contributed by atoms with Crippen molar-refractivity contribution in [3.63, 3.8) is 0 Å². The molecule has 0 radical (unpaired) electrons. The molecule has 0 saturated carbocycles. The van der Waals surface area contributed by atoms with Gasteiger partial charge >= 0.3 is 0 Å². The van der Waals surface area contributed by atoms with Gasteiger partial charge in [0.2, 0.25) is 0 Å². The van der Waals surface area contributed by atoms with E-state index in [1.54, 1.807) is 4.88 Å². The third-order valence-corrected chi connectivity index (χ3v) is 4.08. The summed E-state index contributed by atoms with van der Waals surface area (Å²) in [6, 6.07) is 2.26. The van der Waals surface area contributed by atoms with Gasteiger partial charge in [0.15, 0.2) is 0 Å². The maximum absolute atomic E-state index is 3.89. The van der Waals surface area contributed by atoms with Gasteiger partial charge in [-0.05, 0) is 35.9 Å². The molecular weight excluding hydrogens is 226 g/mol. The molecule has 0 spiro atoms. The first-order valence-corrected chi connectivity index (χ1v) is 6.93. The van der Waals surface area contributed by atoms with Crippen LogP contribution in [0.2, 0.25) is 0 Å². The summed E-state index contributed by atoms with van der Waals surface area (Å²) in [5.41, 5.74) is 2.80. The molecule has 0 amide bonds. The highest BCUT2D eigenvalue weighted by Gasteiger charge is 2.16. The van der Waals surface area contributed by atoms with Crippen LogP contribution in [0.3, 0.4) is 0 Å². The first kappa shape index (κ1) is 12.3. The fourth-order valence-corrected chi connectivity index (χ4v) is 2.99. The van der Waals surface area contributed by atoms with Crippen molar-refractivity contribution in [3.05, 3.63) is 58.3 Å². The molecule has 1 aromatic heterocycles. The standard InChI is InChI=1S/C15H19NS/c1-3-5-6-13(4-2)11-16-9-7-15-14(12-16)8-10-17-15/h3-6,8,10H,2,7,9,11-12H2,1H3/b5-3-,13-6+. The first-order chi connectivity index (χ1) is 8.33. The molecule has 1 nitrogen and oxygen atoms in total. The van der Waals surface area contributed by atoms with E-state index in [2.05, 4.69) is 41.2 Å². The average molecular weight is 245 g/mol. The van der Waals surface area contributed by atoms with Crippen LogP contribution >= 0.6 is 11.3 Å². The largest absolute Gasteiger partial charge is 0.294 e. The Morgan fingerprint density at radius 1 is 1.59 bits per heavy atom. The predicted molar refractivity (Wildman–Crippen MR) is 76.4 cm³/mol. The monoisotopic (exact) mass is 245 g/mol. The van der Waals surface area contributed by atoms with E-state index in [0.717, 1.165) is 19.6 Å². The summed E-state index contributed by atoms with van der Waals surface area (Å²) in [5, 5.41) is 2.21. The maximum atomic E-state index is 3.89. The number of thiophene rings is 1. The van der Waals surface area contributed by atoms with Crippen LogP contribution in [0.5, 0.6) is 0 Å². The number of fused-ring (bicyclic) bond motifs is 1. The van der Waals surface area contributed by atoms with Gasteiger partial charge in [-0.25, -0.2) is 0 Å². The fourth-order valence-electron chi connectivity index (χ4n) is 2.11. The van der Waals surface area contributed by atoms with Crippen LogP contribution in [0.4, 0.5) is 0 Å². The van der Waals surface area contributed by atoms with Crippen LogP contribution < -0.4 is 0 Å². The zero-order valence-corrected chi connectivity index (χ0v) is 11.2. The molecule has 17 heavy (non-hydrogen) atoms. The molecule has 2 heteroatoms. The first-order valence-electron chi connectivity index (χ1n) is 6.05. The quantitative estimate of drug-likeness (QED) is 0.729. The molecule has 0 atom stereocenters. The van der Waals surface area contributed by atoms with E-state index < -0.39 is 0 Å². The van der Waals surface area contributed by atoms with Gasteiger partial charge < -0.3 is 0 Å². The molecule has 0 bridgehead atoms. The molecule has 0 saturated heterocycles. The number of allylic oxidation sites excluding steroid dienone is 3. The Morgan fingerprint density at radius 3 is 3.24 bits per heavy atom. The van der Waals surface area contributed by atoms with Gasteiger partial charge in [-0.3, -0.25) is 4.90 Å². The zero-order valence-electron chi connectivity index (χ0n) is 10.4. The molecule has 2 heterocycles. The summed E-state index contributed by atoms with van der Waals surface area (Å²) in [4.78, 5) is 4.06. The molecule has 1 aliphatic heterocycles. The second-order valence-electron chi connectivity index (χ2n) is 4.30. The molecule has 1 aromatic rings. The van der Waals surface area contributed by atoms with E-state index >= 15 is 0 Å². The Hall–Kier alpha value is -1.12. The summed E-state index contributed by atoms with van der Waals surface area (Å²) in [6.45, 7) is 9.17. The van der Waals surface area contributed by atoms with E-state index in [4.69, 9.17) is 0 Å². The van der Waals surface area contributed by atoms with Crippen molar-refractivity contribution in [1.82, 2.24) is 4.90 Å². The highest BCUT2D eigenvalue weighted by atomic mass is 32.1. The Balaban J connectivity index is 1.99. The normalized spacial score (nSPS) is 17.4. The summed E-state index contributed by atoms with van der Waals surface area (Å²) in [5.74, 6) is 0. The maximum Gasteiger partial charge on any atom is 0.0248 e. The minimum absolute atomic E-state index is 1.00. The molecule has 2 rings (SSSR count). The lowest BCUT2D eigenvalue weighted by Crippen LogP contribution is -2.31. The topological polar surface area (TPSA) is 3.24 Å². The van der Waals surface area contributed by atoms with Gasteiger partial charge in [0, 0.05) is 24.5 Å². The third kappa shape index (κ3) is 3.18. The Bertz CT molecular complexity index is 440. The van der Waals surface area contributed by atoms with Crippen molar-refractivity contribution in [3.8, 4) is 0 Å². The highest BCUT2D eigenvalue weighted by Crippen LogP contribution is 2.24. The molecule has 0 N–H and O–H groups in total. The summed E-state index contributed by atoms with van der Waals surface area (Å²) in [7, 11) is 0. The van der Waals surface area contributed by atoms with Crippen LogP contribution in [0.15, 0.2) is 47.9 Å². The number of hydrogen-bond donors (Lipinski definition) is 0. The summed E-state index contributed by atoms with van der Waals surface area (Å²) < 4.78 is 0. The highest BCUT2D eigenvalue weighted by molar-refractivity contribution is 7.10.